The number of fused-ring (bicyclic) bond motifs is 1. The summed E-state index contributed by atoms with van der Waals surface area (Å²) in [7, 11) is 1.50. The topological polar surface area (TPSA) is 48.1 Å². The zero-order valence-electron chi connectivity index (χ0n) is 7.62. The van der Waals surface area contributed by atoms with Crippen LogP contribution >= 0.6 is 0 Å². The zero-order valence-corrected chi connectivity index (χ0v) is 7.62. The van der Waals surface area contributed by atoms with Gasteiger partial charge < -0.3 is 10.5 Å². The van der Waals surface area contributed by atoms with Crippen LogP contribution in [0.15, 0.2) is 24.3 Å². The van der Waals surface area contributed by atoms with Crippen molar-refractivity contribution in [2.45, 2.75) is 0 Å². The van der Waals surface area contributed by atoms with Crippen LogP contribution in [0.1, 0.15) is 0 Å². The van der Waals surface area contributed by atoms with Crippen LogP contribution in [0, 0.1) is 5.82 Å². The Bertz CT molecular complexity index is 485. The molecule has 0 aliphatic carbocycles. The molecule has 3 nitrogen and oxygen atoms in total. The first kappa shape index (κ1) is 8.74. The van der Waals surface area contributed by atoms with E-state index in [9.17, 15) is 4.39 Å². The summed E-state index contributed by atoms with van der Waals surface area (Å²) in [4.78, 5) is 4.07. The molecule has 1 heterocycles. The van der Waals surface area contributed by atoms with Gasteiger partial charge in [-0.1, -0.05) is 0 Å². The molecule has 0 amide bonds. The predicted octanol–water partition coefficient (Wildman–Crippen LogP) is 1.96. The van der Waals surface area contributed by atoms with Crippen molar-refractivity contribution in [1.82, 2.24) is 4.98 Å². The maximum absolute atomic E-state index is 13.3. The summed E-state index contributed by atoms with van der Waals surface area (Å²) in [6.45, 7) is 0. The highest BCUT2D eigenvalue weighted by molar-refractivity contribution is 5.89. The number of methoxy groups -OCH3 is 1. The van der Waals surface area contributed by atoms with Gasteiger partial charge in [0.2, 0.25) is 5.88 Å². The number of rotatable bonds is 1. The van der Waals surface area contributed by atoms with Crippen molar-refractivity contribution in [3.8, 4) is 5.88 Å². The quantitative estimate of drug-likeness (QED) is 0.702. The molecule has 2 aromatic rings. The number of pyridine rings is 1. The Hall–Kier alpha value is -1.84. The Morgan fingerprint density at radius 3 is 2.79 bits per heavy atom. The highest BCUT2D eigenvalue weighted by Crippen LogP contribution is 2.24. The lowest BCUT2D eigenvalue weighted by Crippen LogP contribution is -1.94. The van der Waals surface area contributed by atoms with Crippen LogP contribution in [-0.2, 0) is 0 Å². The SMILES string of the molecule is COc1ccc2c(F)ccc(N)c2n1. The van der Waals surface area contributed by atoms with E-state index in [-0.39, 0.29) is 5.82 Å². The summed E-state index contributed by atoms with van der Waals surface area (Å²) in [6, 6.07) is 6.02. The lowest BCUT2D eigenvalue weighted by molar-refractivity contribution is 0.399. The molecule has 0 aliphatic rings. The fraction of sp³-hybridized carbons (Fsp3) is 0.100. The van der Waals surface area contributed by atoms with Crippen molar-refractivity contribution in [1.29, 1.82) is 0 Å². The number of nitrogen functional groups attached to an aromatic ring is 1. The van der Waals surface area contributed by atoms with E-state index in [4.69, 9.17) is 10.5 Å². The fourth-order valence-corrected chi connectivity index (χ4v) is 1.30. The van der Waals surface area contributed by atoms with Crippen LogP contribution < -0.4 is 10.5 Å². The van der Waals surface area contributed by atoms with Crippen LogP contribution in [0.5, 0.6) is 5.88 Å². The zero-order chi connectivity index (χ0) is 10.1. The number of ether oxygens (including phenoxy) is 1. The third-order valence-corrected chi connectivity index (χ3v) is 2.02. The molecule has 4 heteroatoms. The third-order valence-electron chi connectivity index (χ3n) is 2.02. The fourth-order valence-electron chi connectivity index (χ4n) is 1.30. The van der Waals surface area contributed by atoms with Crippen LogP contribution in [0.2, 0.25) is 0 Å². The number of nitrogens with two attached hydrogens (primary N) is 1. The van der Waals surface area contributed by atoms with Gasteiger partial charge in [-0.3, -0.25) is 0 Å². The predicted molar refractivity (Wildman–Crippen MR) is 52.7 cm³/mol. The number of hydrogen-bond donors (Lipinski definition) is 1. The standard InChI is InChI=1S/C10H9FN2O/c1-14-9-5-2-6-7(11)3-4-8(12)10(6)13-9/h2-5H,12H2,1H3. The van der Waals surface area contributed by atoms with Crippen LogP contribution in [0.4, 0.5) is 10.1 Å². The first-order valence-electron chi connectivity index (χ1n) is 4.11. The van der Waals surface area contributed by atoms with Crippen LogP contribution in [0.25, 0.3) is 10.9 Å². The minimum Gasteiger partial charge on any atom is -0.481 e. The Labute approximate surface area is 80.3 Å². The van der Waals surface area contributed by atoms with E-state index in [1.807, 2.05) is 0 Å². The van der Waals surface area contributed by atoms with Gasteiger partial charge in [-0.2, -0.15) is 0 Å². The molecule has 0 saturated heterocycles. The van der Waals surface area contributed by atoms with Crippen LogP contribution in [-0.4, -0.2) is 12.1 Å². The maximum Gasteiger partial charge on any atom is 0.213 e. The number of benzene rings is 1. The van der Waals surface area contributed by atoms with Crippen molar-refractivity contribution >= 4 is 16.6 Å². The van der Waals surface area contributed by atoms with Gasteiger partial charge in [0.15, 0.2) is 0 Å². The monoisotopic (exact) mass is 192 g/mol. The molecule has 0 saturated carbocycles. The molecule has 1 aromatic carbocycles. The number of hydrogen-bond acceptors (Lipinski definition) is 3. The Morgan fingerprint density at radius 1 is 1.29 bits per heavy atom. The Morgan fingerprint density at radius 2 is 2.07 bits per heavy atom. The second-order valence-corrected chi connectivity index (χ2v) is 2.89. The van der Waals surface area contributed by atoms with Crippen molar-refractivity contribution in [3.63, 3.8) is 0 Å². The number of aromatic nitrogens is 1. The molecule has 0 radical (unpaired) electrons. The second kappa shape index (κ2) is 3.14. The first-order valence-corrected chi connectivity index (χ1v) is 4.11. The van der Waals surface area contributed by atoms with Gasteiger partial charge in [-0.15, -0.1) is 0 Å². The van der Waals surface area contributed by atoms with E-state index in [0.717, 1.165) is 0 Å². The van der Waals surface area contributed by atoms with Gasteiger partial charge in [0.25, 0.3) is 0 Å². The molecule has 0 fully saturated rings. The van der Waals surface area contributed by atoms with Crippen molar-refractivity contribution in [2.24, 2.45) is 0 Å². The molecule has 0 bridgehead atoms. The summed E-state index contributed by atoms with van der Waals surface area (Å²) in [5.41, 5.74) is 6.54. The molecule has 0 atom stereocenters. The minimum atomic E-state index is -0.329. The highest BCUT2D eigenvalue weighted by atomic mass is 19.1. The molecular formula is C10H9FN2O. The summed E-state index contributed by atoms with van der Waals surface area (Å²) in [5.74, 6) is 0.0964. The number of anilines is 1. The normalized spacial score (nSPS) is 10.4. The average molecular weight is 192 g/mol. The largest absolute Gasteiger partial charge is 0.481 e. The van der Waals surface area contributed by atoms with Gasteiger partial charge >= 0.3 is 0 Å². The maximum atomic E-state index is 13.3. The molecular weight excluding hydrogens is 183 g/mol. The molecule has 2 rings (SSSR count). The summed E-state index contributed by atoms with van der Waals surface area (Å²) < 4.78 is 18.2. The van der Waals surface area contributed by atoms with E-state index in [1.54, 1.807) is 12.1 Å². The van der Waals surface area contributed by atoms with Crippen molar-refractivity contribution in [2.75, 3.05) is 12.8 Å². The lowest BCUT2D eigenvalue weighted by atomic mass is 10.2. The van der Waals surface area contributed by atoms with Crippen molar-refractivity contribution in [3.05, 3.63) is 30.1 Å². The molecule has 72 valence electrons. The Balaban J connectivity index is 2.80. The van der Waals surface area contributed by atoms with Gasteiger partial charge in [0.1, 0.15) is 11.3 Å². The third kappa shape index (κ3) is 1.25. The highest BCUT2D eigenvalue weighted by Gasteiger charge is 2.05. The molecule has 1 aromatic heterocycles. The average Bonchev–Trinajstić information content (AvgIpc) is 2.23. The molecule has 2 N–H and O–H groups in total. The van der Waals surface area contributed by atoms with Gasteiger partial charge in [0, 0.05) is 11.5 Å². The summed E-state index contributed by atoms with van der Waals surface area (Å²) >= 11 is 0. The number of nitrogens with zero attached hydrogens (tertiary/aromatic N) is 1. The molecule has 0 spiro atoms. The van der Waals surface area contributed by atoms with E-state index in [2.05, 4.69) is 4.98 Å². The smallest absolute Gasteiger partial charge is 0.213 e. The number of halogens is 1. The summed E-state index contributed by atoms with van der Waals surface area (Å²) in [5, 5.41) is 0.408. The van der Waals surface area contributed by atoms with Gasteiger partial charge in [-0.05, 0) is 18.2 Å². The summed E-state index contributed by atoms with van der Waals surface area (Å²) in [6.07, 6.45) is 0. The van der Waals surface area contributed by atoms with E-state index in [1.165, 1.54) is 19.2 Å². The van der Waals surface area contributed by atoms with E-state index in [0.29, 0.717) is 22.5 Å². The van der Waals surface area contributed by atoms with Crippen LogP contribution in [0.3, 0.4) is 0 Å². The second-order valence-electron chi connectivity index (χ2n) is 2.89. The van der Waals surface area contributed by atoms with E-state index >= 15 is 0 Å². The molecule has 0 unspecified atom stereocenters. The van der Waals surface area contributed by atoms with E-state index < -0.39 is 0 Å². The lowest BCUT2D eigenvalue weighted by Gasteiger charge is -2.04. The van der Waals surface area contributed by atoms with Crippen molar-refractivity contribution < 1.29 is 9.13 Å². The first-order chi connectivity index (χ1) is 6.72. The Kier molecular flexibility index (Phi) is 1.96. The van der Waals surface area contributed by atoms with Gasteiger partial charge in [-0.25, -0.2) is 9.37 Å². The van der Waals surface area contributed by atoms with Gasteiger partial charge in [0.05, 0.1) is 12.8 Å². The molecule has 14 heavy (non-hydrogen) atoms. The molecule has 0 aliphatic heterocycles. The minimum absolute atomic E-state index is 0.329.